The summed E-state index contributed by atoms with van der Waals surface area (Å²) in [5, 5.41) is 15.8. The lowest BCUT2D eigenvalue weighted by Gasteiger charge is -2.10. The molecule has 0 aliphatic rings. The highest BCUT2D eigenvalue weighted by atomic mass is 16.6. The van der Waals surface area contributed by atoms with E-state index in [0.29, 0.717) is 17.0 Å². The molecule has 11 nitrogen and oxygen atoms in total. The highest BCUT2D eigenvalue weighted by Crippen LogP contribution is 2.27. The molecule has 3 aromatic heterocycles. The Kier molecular flexibility index (Phi) is 4.51. The molecule has 3 heterocycles. The summed E-state index contributed by atoms with van der Waals surface area (Å²) in [4.78, 5) is 34.7. The quantitative estimate of drug-likeness (QED) is 0.516. The van der Waals surface area contributed by atoms with Gasteiger partial charge < -0.3 is 0 Å². The van der Waals surface area contributed by atoms with Crippen molar-refractivity contribution in [3.05, 3.63) is 64.0 Å². The molecule has 3 aromatic rings. The molecule has 0 aromatic carbocycles. The number of rotatable bonds is 5. The third-order valence-corrected chi connectivity index (χ3v) is 3.43. The third-order valence-electron chi connectivity index (χ3n) is 3.43. The molecule has 0 aliphatic carbocycles. The SMILES string of the molecule is Cc1cc(C)n(-c2ncnc(NNC(=O)c3ccncc3)c2[N+](=O)[O-])n1. The maximum absolute atomic E-state index is 12.1. The molecule has 0 spiro atoms. The summed E-state index contributed by atoms with van der Waals surface area (Å²) in [6, 6.07) is 4.78. The zero-order valence-electron chi connectivity index (χ0n) is 13.9. The second-order valence-electron chi connectivity index (χ2n) is 5.31. The Hall–Kier alpha value is -3.89. The van der Waals surface area contributed by atoms with Gasteiger partial charge in [-0.05, 0) is 32.0 Å². The van der Waals surface area contributed by atoms with Gasteiger partial charge in [0, 0.05) is 23.7 Å². The van der Waals surface area contributed by atoms with E-state index in [-0.39, 0.29) is 11.6 Å². The van der Waals surface area contributed by atoms with Crippen LogP contribution < -0.4 is 10.9 Å². The highest BCUT2D eigenvalue weighted by molar-refractivity contribution is 5.94. The number of nitrogens with zero attached hydrogens (tertiary/aromatic N) is 6. The van der Waals surface area contributed by atoms with Crippen LogP contribution in [-0.4, -0.2) is 35.6 Å². The maximum atomic E-state index is 12.1. The molecule has 0 atom stereocenters. The summed E-state index contributed by atoms with van der Waals surface area (Å²) >= 11 is 0. The van der Waals surface area contributed by atoms with Crippen LogP contribution in [-0.2, 0) is 0 Å². The van der Waals surface area contributed by atoms with Crippen LogP contribution >= 0.6 is 0 Å². The van der Waals surface area contributed by atoms with Crippen molar-refractivity contribution in [3.8, 4) is 5.82 Å². The number of hydrogen-bond donors (Lipinski definition) is 2. The predicted molar refractivity (Wildman–Crippen MR) is 90.6 cm³/mol. The van der Waals surface area contributed by atoms with Crippen LogP contribution in [0.2, 0.25) is 0 Å². The standard InChI is InChI=1S/C15H14N8O3/c1-9-7-10(2)22(21-9)14-12(23(25)26)13(17-8-18-14)19-20-15(24)11-3-5-16-6-4-11/h3-8H,1-2H3,(H,20,24)(H,17,18,19). The highest BCUT2D eigenvalue weighted by Gasteiger charge is 2.26. The summed E-state index contributed by atoms with van der Waals surface area (Å²) < 4.78 is 1.35. The second-order valence-corrected chi connectivity index (χ2v) is 5.31. The Morgan fingerprint density at radius 2 is 1.96 bits per heavy atom. The van der Waals surface area contributed by atoms with Gasteiger partial charge in [-0.1, -0.05) is 0 Å². The van der Waals surface area contributed by atoms with Crippen LogP contribution in [0.4, 0.5) is 11.5 Å². The predicted octanol–water partition coefficient (Wildman–Crippen LogP) is 1.34. The Balaban J connectivity index is 1.93. The van der Waals surface area contributed by atoms with E-state index in [1.54, 1.807) is 19.9 Å². The second kappa shape index (κ2) is 6.93. The summed E-state index contributed by atoms with van der Waals surface area (Å²) in [5.41, 5.74) is 6.14. The molecule has 26 heavy (non-hydrogen) atoms. The van der Waals surface area contributed by atoms with Gasteiger partial charge >= 0.3 is 5.69 Å². The molecule has 0 saturated carbocycles. The van der Waals surface area contributed by atoms with Crippen LogP contribution in [0.25, 0.3) is 5.82 Å². The Bertz CT molecular complexity index is 970. The average molecular weight is 354 g/mol. The van der Waals surface area contributed by atoms with Crippen LogP contribution in [0.3, 0.4) is 0 Å². The van der Waals surface area contributed by atoms with Gasteiger partial charge in [-0.3, -0.25) is 30.7 Å². The number of pyridine rings is 1. The number of carbonyl (C=O) groups excluding carboxylic acids is 1. The van der Waals surface area contributed by atoms with Gasteiger partial charge in [0.05, 0.1) is 10.6 Å². The number of hydrogen-bond acceptors (Lipinski definition) is 8. The van der Waals surface area contributed by atoms with Crippen molar-refractivity contribution in [3.63, 3.8) is 0 Å². The van der Waals surface area contributed by atoms with E-state index >= 15 is 0 Å². The molecule has 0 unspecified atom stereocenters. The van der Waals surface area contributed by atoms with E-state index in [1.165, 1.54) is 29.2 Å². The molecule has 0 aliphatic heterocycles. The molecular formula is C15H14N8O3. The first kappa shape index (κ1) is 17.0. The van der Waals surface area contributed by atoms with E-state index in [0.717, 1.165) is 6.33 Å². The number of nitro groups is 1. The van der Waals surface area contributed by atoms with E-state index in [1.807, 2.05) is 0 Å². The molecule has 0 fully saturated rings. The van der Waals surface area contributed by atoms with Gasteiger partial charge in [0.15, 0.2) is 0 Å². The molecule has 0 radical (unpaired) electrons. The number of hydrazine groups is 1. The van der Waals surface area contributed by atoms with E-state index < -0.39 is 16.5 Å². The molecule has 2 N–H and O–H groups in total. The van der Waals surface area contributed by atoms with Crippen molar-refractivity contribution in [1.29, 1.82) is 0 Å². The topological polar surface area (TPSA) is 141 Å². The molecule has 132 valence electrons. The van der Waals surface area contributed by atoms with Gasteiger partial charge in [0.2, 0.25) is 11.6 Å². The summed E-state index contributed by atoms with van der Waals surface area (Å²) in [5.74, 6) is -0.654. The van der Waals surface area contributed by atoms with Gasteiger partial charge in [-0.25, -0.2) is 14.6 Å². The number of aromatic nitrogens is 5. The monoisotopic (exact) mass is 354 g/mol. The first-order valence-corrected chi connectivity index (χ1v) is 7.47. The van der Waals surface area contributed by atoms with Crippen LogP contribution in [0.15, 0.2) is 36.9 Å². The average Bonchev–Trinajstić information content (AvgIpc) is 2.98. The van der Waals surface area contributed by atoms with Crippen LogP contribution in [0.5, 0.6) is 0 Å². The number of anilines is 1. The fourth-order valence-corrected chi connectivity index (χ4v) is 2.32. The summed E-state index contributed by atoms with van der Waals surface area (Å²) in [7, 11) is 0. The van der Waals surface area contributed by atoms with E-state index in [9.17, 15) is 14.9 Å². The number of aryl methyl sites for hydroxylation is 2. The van der Waals surface area contributed by atoms with Gasteiger partial charge in [0.25, 0.3) is 5.91 Å². The van der Waals surface area contributed by atoms with Crippen LogP contribution in [0, 0.1) is 24.0 Å². The summed E-state index contributed by atoms with van der Waals surface area (Å²) in [6.07, 6.45) is 4.08. The lowest BCUT2D eigenvalue weighted by atomic mass is 10.3. The first-order valence-electron chi connectivity index (χ1n) is 7.47. The van der Waals surface area contributed by atoms with Gasteiger partial charge in [0.1, 0.15) is 6.33 Å². The molecular weight excluding hydrogens is 340 g/mol. The van der Waals surface area contributed by atoms with E-state index in [2.05, 4.69) is 30.9 Å². The van der Waals surface area contributed by atoms with Crippen molar-refractivity contribution in [2.24, 2.45) is 0 Å². The first-order chi connectivity index (χ1) is 12.5. The lowest BCUT2D eigenvalue weighted by Crippen LogP contribution is -2.30. The third kappa shape index (κ3) is 3.31. The number of carbonyl (C=O) groups is 1. The normalized spacial score (nSPS) is 10.4. The molecule has 3 rings (SSSR count). The molecule has 0 saturated heterocycles. The zero-order chi connectivity index (χ0) is 18.7. The fraction of sp³-hybridized carbons (Fsp3) is 0.133. The van der Waals surface area contributed by atoms with Crippen molar-refractivity contribution in [1.82, 2.24) is 30.2 Å². The van der Waals surface area contributed by atoms with Crippen molar-refractivity contribution < 1.29 is 9.72 Å². The number of amides is 1. The lowest BCUT2D eigenvalue weighted by molar-refractivity contribution is -0.384. The molecule has 11 heteroatoms. The minimum Gasteiger partial charge on any atom is -0.276 e. The smallest absolute Gasteiger partial charge is 0.276 e. The minimum atomic E-state index is -0.632. The van der Waals surface area contributed by atoms with Crippen LogP contribution in [0.1, 0.15) is 21.7 Å². The van der Waals surface area contributed by atoms with Crippen molar-refractivity contribution in [2.75, 3.05) is 5.43 Å². The van der Waals surface area contributed by atoms with Crippen molar-refractivity contribution >= 4 is 17.4 Å². The molecule has 1 amide bonds. The number of nitrogens with one attached hydrogen (secondary N) is 2. The maximum Gasteiger partial charge on any atom is 0.357 e. The Morgan fingerprint density at radius 1 is 1.23 bits per heavy atom. The van der Waals surface area contributed by atoms with Gasteiger partial charge in [-0.15, -0.1) is 0 Å². The largest absolute Gasteiger partial charge is 0.357 e. The Labute approximate surface area is 147 Å². The fourth-order valence-electron chi connectivity index (χ4n) is 2.32. The van der Waals surface area contributed by atoms with Crippen molar-refractivity contribution in [2.45, 2.75) is 13.8 Å². The minimum absolute atomic E-state index is 0.00346. The van der Waals surface area contributed by atoms with Gasteiger partial charge in [-0.2, -0.15) is 5.10 Å². The van der Waals surface area contributed by atoms with E-state index in [4.69, 9.17) is 0 Å². The molecule has 0 bridgehead atoms. The summed E-state index contributed by atoms with van der Waals surface area (Å²) in [6.45, 7) is 3.52. The zero-order valence-corrected chi connectivity index (χ0v) is 13.9. The Morgan fingerprint density at radius 3 is 2.58 bits per heavy atom.